The number of urea groups is 1. The van der Waals surface area contributed by atoms with Crippen LogP contribution < -0.4 is 16.0 Å². The van der Waals surface area contributed by atoms with Gasteiger partial charge in [-0.2, -0.15) is 0 Å². The fourth-order valence-electron chi connectivity index (χ4n) is 0.726. The molecule has 0 aromatic carbocycles. The molecule has 0 bridgehead atoms. The van der Waals surface area contributed by atoms with Gasteiger partial charge in [-0.1, -0.05) is 6.58 Å². The van der Waals surface area contributed by atoms with Crippen LogP contribution in [-0.2, 0) is 4.79 Å². The molecular formula is C9H17N3O2. The zero-order valence-corrected chi connectivity index (χ0v) is 8.64. The van der Waals surface area contributed by atoms with E-state index in [0.717, 1.165) is 13.1 Å². The van der Waals surface area contributed by atoms with Gasteiger partial charge in [0.1, 0.15) is 0 Å². The van der Waals surface area contributed by atoms with Gasteiger partial charge in [0.25, 0.3) is 0 Å². The van der Waals surface area contributed by atoms with Crippen LogP contribution in [0.25, 0.3) is 0 Å². The summed E-state index contributed by atoms with van der Waals surface area (Å²) < 4.78 is 0. The molecule has 0 radical (unpaired) electrons. The maximum absolute atomic E-state index is 10.5. The third kappa shape index (κ3) is 6.05. The van der Waals surface area contributed by atoms with Crippen molar-refractivity contribution in [2.24, 2.45) is 0 Å². The van der Waals surface area contributed by atoms with E-state index in [2.05, 4.69) is 22.5 Å². The fourth-order valence-corrected chi connectivity index (χ4v) is 0.726. The molecule has 0 aliphatic carbocycles. The molecule has 3 amide bonds. The van der Waals surface area contributed by atoms with E-state index >= 15 is 0 Å². The van der Waals surface area contributed by atoms with Gasteiger partial charge in [-0.3, -0.25) is 4.79 Å². The standard InChI is InChI=1S/C6H11NO.C3H6N2O/c1-4-7-6(8)5(2)3;6-3-4-1-2-5-3/h2,4H2,1,3H3,(H,7,8);1-2H2,(H2,4,5,6). The Kier molecular flexibility index (Phi) is 6.19. The minimum absolute atomic E-state index is 0.0463. The van der Waals surface area contributed by atoms with Crippen molar-refractivity contribution in [3.8, 4) is 0 Å². The van der Waals surface area contributed by atoms with Gasteiger partial charge < -0.3 is 16.0 Å². The van der Waals surface area contributed by atoms with Crippen molar-refractivity contribution in [1.29, 1.82) is 0 Å². The second-order valence-electron chi connectivity index (χ2n) is 2.82. The van der Waals surface area contributed by atoms with Crippen molar-refractivity contribution < 1.29 is 9.59 Å². The molecule has 0 aromatic heterocycles. The number of carbonyl (C=O) groups excluding carboxylic acids is 2. The molecule has 1 aliphatic heterocycles. The minimum atomic E-state index is -0.0625. The average Bonchev–Trinajstić information content (AvgIpc) is 2.57. The van der Waals surface area contributed by atoms with E-state index in [1.54, 1.807) is 6.92 Å². The van der Waals surface area contributed by atoms with E-state index in [1.165, 1.54) is 0 Å². The van der Waals surface area contributed by atoms with Crippen LogP contribution in [0.2, 0.25) is 0 Å². The highest BCUT2D eigenvalue weighted by Gasteiger charge is 2.03. The molecular weight excluding hydrogens is 182 g/mol. The summed E-state index contributed by atoms with van der Waals surface area (Å²) in [7, 11) is 0. The summed E-state index contributed by atoms with van der Waals surface area (Å²) in [6, 6.07) is -0.0463. The maximum Gasteiger partial charge on any atom is 0.314 e. The number of hydrogen-bond donors (Lipinski definition) is 3. The number of amides is 3. The van der Waals surface area contributed by atoms with Crippen LogP contribution >= 0.6 is 0 Å². The predicted molar refractivity (Wildman–Crippen MR) is 54.9 cm³/mol. The van der Waals surface area contributed by atoms with Gasteiger partial charge in [0.15, 0.2) is 0 Å². The Morgan fingerprint density at radius 1 is 1.50 bits per heavy atom. The second kappa shape index (κ2) is 6.94. The fraction of sp³-hybridized carbons (Fsp3) is 0.556. The molecule has 0 saturated carbocycles. The summed E-state index contributed by atoms with van der Waals surface area (Å²) in [6.45, 7) is 9.25. The van der Waals surface area contributed by atoms with Crippen LogP contribution in [0.15, 0.2) is 12.2 Å². The Morgan fingerprint density at radius 3 is 2.14 bits per heavy atom. The first-order valence-electron chi connectivity index (χ1n) is 4.53. The van der Waals surface area contributed by atoms with E-state index in [-0.39, 0.29) is 11.9 Å². The molecule has 1 aliphatic rings. The largest absolute Gasteiger partial charge is 0.353 e. The van der Waals surface area contributed by atoms with Crippen molar-refractivity contribution >= 4 is 11.9 Å². The van der Waals surface area contributed by atoms with Gasteiger partial charge in [0.05, 0.1) is 0 Å². The Hall–Kier alpha value is -1.52. The molecule has 1 fully saturated rings. The molecule has 5 heteroatoms. The average molecular weight is 199 g/mol. The summed E-state index contributed by atoms with van der Waals surface area (Å²) in [6.07, 6.45) is 0. The first-order valence-corrected chi connectivity index (χ1v) is 4.53. The summed E-state index contributed by atoms with van der Waals surface area (Å²) >= 11 is 0. The van der Waals surface area contributed by atoms with Gasteiger partial charge in [-0.15, -0.1) is 0 Å². The lowest BCUT2D eigenvalue weighted by Gasteiger charge is -1.97. The van der Waals surface area contributed by atoms with Crippen molar-refractivity contribution in [1.82, 2.24) is 16.0 Å². The van der Waals surface area contributed by atoms with E-state index in [4.69, 9.17) is 0 Å². The molecule has 1 heterocycles. The zero-order chi connectivity index (χ0) is 11.0. The Morgan fingerprint density at radius 2 is 2.00 bits per heavy atom. The van der Waals surface area contributed by atoms with Gasteiger partial charge in [-0.25, -0.2) is 4.79 Å². The third-order valence-corrected chi connectivity index (χ3v) is 1.42. The normalized spacial score (nSPS) is 13.1. The molecule has 14 heavy (non-hydrogen) atoms. The number of hydrogen-bond acceptors (Lipinski definition) is 2. The van der Waals surface area contributed by atoms with E-state index in [1.807, 2.05) is 6.92 Å². The predicted octanol–water partition coefficient (Wildman–Crippen LogP) is -0.00220. The lowest BCUT2D eigenvalue weighted by molar-refractivity contribution is -0.117. The van der Waals surface area contributed by atoms with Crippen LogP contribution in [0.4, 0.5) is 4.79 Å². The molecule has 5 nitrogen and oxygen atoms in total. The maximum atomic E-state index is 10.5. The van der Waals surface area contributed by atoms with Gasteiger partial charge in [0, 0.05) is 25.2 Å². The SMILES string of the molecule is C=C(C)C(=O)NCC.O=C1NCCN1. The molecule has 80 valence electrons. The van der Waals surface area contributed by atoms with Crippen LogP contribution in [-0.4, -0.2) is 31.6 Å². The summed E-state index contributed by atoms with van der Waals surface area (Å²) in [5, 5.41) is 7.75. The number of rotatable bonds is 2. The quantitative estimate of drug-likeness (QED) is 0.548. The molecule has 0 spiro atoms. The molecule has 0 aromatic rings. The van der Waals surface area contributed by atoms with Crippen LogP contribution in [0.5, 0.6) is 0 Å². The molecule has 1 rings (SSSR count). The molecule has 0 atom stereocenters. The Balaban J connectivity index is 0.000000249. The van der Waals surface area contributed by atoms with Crippen molar-refractivity contribution in [2.45, 2.75) is 13.8 Å². The molecule has 0 unspecified atom stereocenters. The zero-order valence-electron chi connectivity index (χ0n) is 8.64. The smallest absolute Gasteiger partial charge is 0.314 e. The van der Waals surface area contributed by atoms with Crippen molar-refractivity contribution in [3.05, 3.63) is 12.2 Å². The van der Waals surface area contributed by atoms with Crippen LogP contribution in [0, 0.1) is 0 Å². The van der Waals surface area contributed by atoms with Gasteiger partial charge >= 0.3 is 6.03 Å². The van der Waals surface area contributed by atoms with E-state index < -0.39 is 0 Å². The summed E-state index contributed by atoms with van der Waals surface area (Å²) in [5.74, 6) is -0.0625. The third-order valence-electron chi connectivity index (χ3n) is 1.42. The Labute approximate surface area is 83.9 Å². The lowest BCUT2D eigenvalue weighted by atomic mass is 10.3. The van der Waals surface area contributed by atoms with E-state index in [0.29, 0.717) is 12.1 Å². The number of carbonyl (C=O) groups is 2. The summed E-state index contributed by atoms with van der Waals surface area (Å²) in [5.41, 5.74) is 0.562. The highest BCUT2D eigenvalue weighted by Crippen LogP contribution is 1.82. The highest BCUT2D eigenvalue weighted by atomic mass is 16.2. The highest BCUT2D eigenvalue weighted by molar-refractivity contribution is 5.91. The second-order valence-corrected chi connectivity index (χ2v) is 2.82. The Bertz CT molecular complexity index is 218. The minimum Gasteiger partial charge on any atom is -0.353 e. The van der Waals surface area contributed by atoms with Crippen molar-refractivity contribution in [3.63, 3.8) is 0 Å². The van der Waals surface area contributed by atoms with Gasteiger partial charge in [-0.05, 0) is 13.8 Å². The van der Waals surface area contributed by atoms with Crippen LogP contribution in [0.3, 0.4) is 0 Å². The lowest BCUT2D eigenvalue weighted by Crippen LogP contribution is -2.22. The van der Waals surface area contributed by atoms with E-state index in [9.17, 15) is 9.59 Å². The van der Waals surface area contributed by atoms with Gasteiger partial charge in [0.2, 0.25) is 5.91 Å². The number of nitrogens with one attached hydrogen (secondary N) is 3. The van der Waals surface area contributed by atoms with Crippen molar-refractivity contribution in [2.75, 3.05) is 19.6 Å². The monoisotopic (exact) mass is 199 g/mol. The molecule has 3 N–H and O–H groups in total. The topological polar surface area (TPSA) is 70.2 Å². The summed E-state index contributed by atoms with van der Waals surface area (Å²) in [4.78, 5) is 20.6. The number of likely N-dealkylation sites (N-methyl/N-ethyl adjacent to an activating group) is 1. The first-order chi connectivity index (χ1) is 6.57. The first kappa shape index (κ1) is 12.5. The molecule has 1 saturated heterocycles. The van der Waals surface area contributed by atoms with Crippen LogP contribution in [0.1, 0.15) is 13.8 Å².